The van der Waals surface area contributed by atoms with E-state index in [9.17, 15) is 9.59 Å². The van der Waals surface area contributed by atoms with Crippen molar-refractivity contribution in [2.24, 2.45) is 0 Å². The second kappa shape index (κ2) is 9.65. The number of carbonyl (C=O) groups excluding carboxylic acids is 1. The summed E-state index contributed by atoms with van der Waals surface area (Å²) < 4.78 is 1.68. The SMILES string of the molecule is Cc1ccccc1-n1c(SCc2ccc(C(=O)N3CCCC3)cc2)nc2cc(Cl)ccc2c1=O. The number of fused-ring (bicyclic) bond motifs is 1. The van der Waals surface area contributed by atoms with Crippen molar-refractivity contribution in [2.75, 3.05) is 13.1 Å². The average molecular weight is 490 g/mol. The van der Waals surface area contributed by atoms with Gasteiger partial charge in [-0.25, -0.2) is 4.98 Å². The summed E-state index contributed by atoms with van der Waals surface area (Å²) in [6.45, 7) is 3.66. The maximum atomic E-state index is 13.5. The van der Waals surface area contributed by atoms with Crippen LogP contribution in [-0.4, -0.2) is 33.4 Å². The Bertz CT molecular complexity index is 1430. The molecule has 0 unspecified atom stereocenters. The second-order valence-electron chi connectivity index (χ2n) is 8.47. The van der Waals surface area contributed by atoms with Crippen LogP contribution in [0.2, 0.25) is 5.02 Å². The van der Waals surface area contributed by atoms with E-state index in [0.717, 1.165) is 42.7 Å². The van der Waals surface area contributed by atoms with Crippen molar-refractivity contribution in [1.82, 2.24) is 14.5 Å². The van der Waals surface area contributed by atoms with Gasteiger partial charge in [0, 0.05) is 29.4 Å². The number of likely N-dealkylation sites (tertiary alicyclic amines) is 1. The van der Waals surface area contributed by atoms with Crippen LogP contribution >= 0.6 is 23.4 Å². The summed E-state index contributed by atoms with van der Waals surface area (Å²) in [5.41, 5.74) is 4.03. The molecule has 1 fully saturated rings. The number of hydrogen-bond acceptors (Lipinski definition) is 4. The largest absolute Gasteiger partial charge is 0.339 e. The number of benzene rings is 3. The molecule has 1 saturated heterocycles. The predicted octanol–water partition coefficient (Wildman–Crippen LogP) is 5.88. The van der Waals surface area contributed by atoms with Crippen LogP contribution in [0.4, 0.5) is 0 Å². The van der Waals surface area contributed by atoms with E-state index in [-0.39, 0.29) is 11.5 Å². The van der Waals surface area contributed by atoms with Gasteiger partial charge in [0.1, 0.15) is 0 Å². The van der Waals surface area contributed by atoms with Gasteiger partial charge in [0.2, 0.25) is 0 Å². The van der Waals surface area contributed by atoms with Crippen molar-refractivity contribution < 1.29 is 4.79 Å². The Hall–Kier alpha value is -3.09. The van der Waals surface area contributed by atoms with Gasteiger partial charge in [-0.15, -0.1) is 0 Å². The molecular formula is C27H24ClN3O2S. The number of carbonyl (C=O) groups is 1. The third-order valence-electron chi connectivity index (χ3n) is 6.12. The van der Waals surface area contributed by atoms with Crippen LogP contribution < -0.4 is 5.56 Å². The minimum atomic E-state index is -0.120. The normalized spacial score (nSPS) is 13.5. The highest BCUT2D eigenvalue weighted by atomic mass is 35.5. The molecule has 0 radical (unpaired) electrons. The summed E-state index contributed by atoms with van der Waals surface area (Å²) in [5, 5.41) is 1.68. The van der Waals surface area contributed by atoms with Crippen LogP contribution in [-0.2, 0) is 5.75 Å². The molecule has 1 aliphatic heterocycles. The van der Waals surface area contributed by atoms with E-state index in [1.165, 1.54) is 11.8 Å². The fourth-order valence-electron chi connectivity index (χ4n) is 4.26. The lowest BCUT2D eigenvalue weighted by Gasteiger charge is -2.16. The van der Waals surface area contributed by atoms with Crippen LogP contribution in [0, 0.1) is 6.92 Å². The van der Waals surface area contributed by atoms with Crippen LogP contribution in [0.5, 0.6) is 0 Å². The van der Waals surface area contributed by atoms with Crippen LogP contribution in [0.15, 0.2) is 76.7 Å². The number of hydrogen-bond donors (Lipinski definition) is 0. The van der Waals surface area contributed by atoms with Gasteiger partial charge in [-0.1, -0.05) is 53.7 Å². The molecule has 1 aliphatic rings. The maximum Gasteiger partial charge on any atom is 0.266 e. The number of nitrogens with zero attached hydrogens (tertiary/aromatic N) is 3. The number of halogens is 1. The lowest BCUT2D eigenvalue weighted by Crippen LogP contribution is -2.27. The summed E-state index contributed by atoms with van der Waals surface area (Å²) in [7, 11) is 0. The Morgan fingerprint density at radius 2 is 1.76 bits per heavy atom. The Labute approximate surface area is 207 Å². The van der Waals surface area contributed by atoms with Crippen molar-refractivity contribution in [3.63, 3.8) is 0 Å². The summed E-state index contributed by atoms with van der Waals surface area (Å²) >= 11 is 7.67. The molecule has 34 heavy (non-hydrogen) atoms. The number of thioether (sulfide) groups is 1. The summed E-state index contributed by atoms with van der Waals surface area (Å²) in [6, 6.07) is 20.7. The van der Waals surface area contributed by atoms with E-state index >= 15 is 0 Å². The number of para-hydroxylation sites is 1. The van der Waals surface area contributed by atoms with Gasteiger partial charge in [-0.3, -0.25) is 14.2 Å². The highest BCUT2D eigenvalue weighted by molar-refractivity contribution is 7.98. The fraction of sp³-hybridized carbons (Fsp3) is 0.222. The van der Waals surface area contributed by atoms with Crippen LogP contribution in [0.3, 0.4) is 0 Å². The van der Waals surface area contributed by atoms with Crippen molar-refractivity contribution in [1.29, 1.82) is 0 Å². The van der Waals surface area contributed by atoms with E-state index in [2.05, 4.69) is 0 Å². The Morgan fingerprint density at radius 1 is 1.03 bits per heavy atom. The molecular weight excluding hydrogens is 466 g/mol. The van der Waals surface area contributed by atoms with E-state index in [0.29, 0.717) is 32.4 Å². The number of rotatable bonds is 5. The molecule has 0 atom stereocenters. The van der Waals surface area contributed by atoms with Gasteiger partial charge >= 0.3 is 0 Å². The van der Waals surface area contributed by atoms with Crippen LogP contribution in [0.1, 0.15) is 34.3 Å². The molecule has 4 aromatic rings. The lowest BCUT2D eigenvalue weighted by molar-refractivity contribution is 0.0793. The summed E-state index contributed by atoms with van der Waals surface area (Å²) in [6.07, 6.45) is 2.15. The number of amides is 1. The van der Waals surface area contributed by atoms with E-state index in [4.69, 9.17) is 16.6 Å². The first kappa shape index (κ1) is 22.7. The molecule has 0 spiro atoms. The van der Waals surface area contributed by atoms with Gasteiger partial charge in [0.05, 0.1) is 16.6 Å². The van der Waals surface area contributed by atoms with Gasteiger partial charge < -0.3 is 4.90 Å². The van der Waals surface area contributed by atoms with Crippen molar-refractivity contribution in [3.05, 3.63) is 98.8 Å². The van der Waals surface area contributed by atoms with Gasteiger partial charge in [-0.2, -0.15) is 0 Å². The Balaban J connectivity index is 1.47. The minimum absolute atomic E-state index is 0.0955. The van der Waals surface area contributed by atoms with Gasteiger partial charge in [0.25, 0.3) is 11.5 Å². The molecule has 5 rings (SSSR count). The molecule has 0 bridgehead atoms. The zero-order valence-corrected chi connectivity index (χ0v) is 20.4. The Kier molecular flexibility index (Phi) is 6.44. The zero-order chi connectivity index (χ0) is 23.7. The first-order valence-corrected chi connectivity index (χ1v) is 12.7. The molecule has 1 amide bonds. The van der Waals surface area contributed by atoms with E-state index < -0.39 is 0 Å². The molecule has 1 aromatic heterocycles. The van der Waals surface area contributed by atoms with Crippen LogP contribution in [0.25, 0.3) is 16.6 Å². The first-order valence-electron chi connectivity index (χ1n) is 11.3. The maximum absolute atomic E-state index is 13.5. The monoisotopic (exact) mass is 489 g/mol. The minimum Gasteiger partial charge on any atom is -0.339 e. The third-order valence-corrected chi connectivity index (χ3v) is 7.36. The summed E-state index contributed by atoms with van der Waals surface area (Å²) in [4.78, 5) is 32.8. The van der Waals surface area contributed by atoms with Crippen molar-refractivity contribution >= 4 is 40.2 Å². The smallest absolute Gasteiger partial charge is 0.266 e. The van der Waals surface area contributed by atoms with Crippen molar-refractivity contribution in [3.8, 4) is 5.69 Å². The molecule has 2 heterocycles. The quantitative estimate of drug-likeness (QED) is 0.259. The average Bonchev–Trinajstić information content (AvgIpc) is 3.38. The molecule has 5 nitrogen and oxygen atoms in total. The predicted molar refractivity (Wildman–Crippen MR) is 138 cm³/mol. The van der Waals surface area contributed by atoms with E-state index in [1.807, 2.05) is 60.4 Å². The molecule has 0 saturated carbocycles. The third kappa shape index (κ3) is 4.48. The zero-order valence-electron chi connectivity index (χ0n) is 18.8. The number of aryl methyl sites for hydroxylation is 1. The lowest BCUT2D eigenvalue weighted by atomic mass is 10.1. The second-order valence-corrected chi connectivity index (χ2v) is 9.85. The molecule has 172 valence electrons. The molecule has 3 aromatic carbocycles. The van der Waals surface area contributed by atoms with E-state index in [1.54, 1.807) is 22.8 Å². The van der Waals surface area contributed by atoms with Gasteiger partial charge in [-0.05, 0) is 67.3 Å². The molecule has 0 aliphatic carbocycles. The highest BCUT2D eigenvalue weighted by Crippen LogP contribution is 2.27. The topological polar surface area (TPSA) is 55.2 Å². The molecule has 0 N–H and O–H groups in total. The summed E-state index contributed by atoms with van der Waals surface area (Å²) in [5.74, 6) is 0.709. The number of aromatic nitrogens is 2. The van der Waals surface area contributed by atoms with Crippen molar-refractivity contribution in [2.45, 2.75) is 30.7 Å². The Morgan fingerprint density at radius 3 is 2.50 bits per heavy atom. The highest BCUT2D eigenvalue weighted by Gasteiger charge is 2.19. The molecule has 7 heteroatoms. The standard InChI is InChI=1S/C27H24ClN3O2S/c1-18-6-2-3-7-24(18)31-26(33)22-13-12-21(28)16-23(22)29-27(31)34-17-19-8-10-20(11-9-19)25(32)30-14-4-5-15-30/h2-3,6-13,16H,4-5,14-15,17H2,1H3. The van der Waals surface area contributed by atoms with Gasteiger partial charge in [0.15, 0.2) is 5.16 Å². The fourth-order valence-corrected chi connectivity index (χ4v) is 5.38. The first-order chi connectivity index (χ1) is 16.5.